The first-order valence-electron chi connectivity index (χ1n) is 10.9. The lowest BCUT2D eigenvalue weighted by molar-refractivity contribution is -0.385. The molecule has 4 rings (SSSR count). The van der Waals surface area contributed by atoms with Crippen molar-refractivity contribution in [3.05, 3.63) is 68.8 Å². The van der Waals surface area contributed by atoms with Crippen LogP contribution in [0.3, 0.4) is 0 Å². The van der Waals surface area contributed by atoms with Gasteiger partial charge < -0.3 is 9.80 Å². The molecule has 0 aromatic heterocycles. The standard InChI is InChI=1S/C20H24ClN6O7P/c21-35(32,33-24-13-9-22(10-14-24)17-1-5-19(6-2-17)26(28)29)34-25-15-11-23(12-16-25)18-3-7-20(8-4-18)27(30)31/h1-8H,9-16H2. The maximum atomic E-state index is 12.7. The van der Waals surface area contributed by atoms with E-state index in [0.717, 1.165) is 11.4 Å². The Morgan fingerprint density at radius 1 is 0.657 bits per heavy atom. The van der Waals surface area contributed by atoms with Gasteiger partial charge >= 0.3 is 6.95 Å². The molecule has 13 nitrogen and oxygen atoms in total. The lowest BCUT2D eigenvalue weighted by Gasteiger charge is -2.37. The highest BCUT2D eigenvalue weighted by Crippen LogP contribution is 2.55. The number of hydroxylamine groups is 4. The fourth-order valence-electron chi connectivity index (χ4n) is 3.92. The van der Waals surface area contributed by atoms with E-state index in [1.54, 1.807) is 24.3 Å². The van der Waals surface area contributed by atoms with Gasteiger partial charge in [0.15, 0.2) is 0 Å². The maximum absolute atomic E-state index is 12.7. The fourth-order valence-corrected chi connectivity index (χ4v) is 5.35. The van der Waals surface area contributed by atoms with E-state index in [1.807, 2.05) is 9.80 Å². The van der Waals surface area contributed by atoms with Crippen LogP contribution in [0.2, 0.25) is 0 Å². The molecule has 35 heavy (non-hydrogen) atoms. The third-order valence-electron chi connectivity index (χ3n) is 5.75. The highest BCUT2D eigenvalue weighted by molar-refractivity contribution is 7.81. The Kier molecular flexibility index (Phi) is 7.85. The van der Waals surface area contributed by atoms with Gasteiger partial charge in [-0.25, -0.2) is 13.8 Å². The molecular formula is C20H24ClN6O7P. The molecule has 2 aromatic carbocycles. The van der Waals surface area contributed by atoms with Crippen LogP contribution < -0.4 is 9.80 Å². The summed E-state index contributed by atoms with van der Waals surface area (Å²) < 4.78 is 23.7. The summed E-state index contributed by atoms with van der Waals surface area (Å²) in [7, 11) is 0. The Balaban J connectivity index is 1.22. The Morgan fingerprint density at radius 3 is 1.26 bits per heavy atom. The molecule has 0 N–H and O–H groups in total. The number of hydrogen-bond donors (Lipinski definition) is 0. The number of nitro groups is 2. The smallest absolute Gasteiger partial charge is 0.369 e. The number of nitrogens with zero attached hydrogens (tertiary/aromatic N) is 6. The van der Waals surface area contributed by atoms with E-state index >= 15 is 0 Å². The predicted molar refractivity (Wildman–Crippen MR) is 129 cm³/mol. The molecule has 2 aliphatic heterocycles. The van der Waals surface area contributed by atoms with Crippen LogP contribution >= 0.6 is 18.2 Å². The first kappa shape index (κ1) is 25.3. The van der Waals surface area contributed by atoms with Gasteiger partial charge in [-0.2, -0.15) is 10.1 Å². The summed E-state index contributed by atoms with van der Waals surface area (Å²) in [6, 6.07) is 12.6. The van der Waals surface area contributed by atoms with Crippen molar-refractivity contribution in [2.45, 2.75) is 0 Å². The third kappa shape index (κ3) is 6.66. The monoisotopic (exact) mass is 526 g/mol. The van der Waals surface area contributed by atoms with Crippen LogP contribution in [0.25, 0.3) is 0 Å². The van der Waals surface area contributed by atoms with E-state index in [-0.39, 0.29) is 11.4 Å². The van der Waals surface area contributed by atoms with Crippen molar-refractivity contribution in [3.63, 3.8) is 0 Å². The molecule has 0 bridgehead atoms. The number of piperazine rings is 2. The molecule has 15 heteroatoms. The van der Waals surface area contributed by atoms with E-state index in [9.17, 15) is 24.8 Å². The first-order chi connectivity index (χ1) is 16.7. The van der Waals surface area contributed by atoms with Crippen LogP contribution in [0.1, 0.15) is 0 Å². The van der Waals surface area contributed by atoms with Crippen molar-refractivity contribution < 1.29 is 23.7 Å². The van der Waals surface area contributed by atoms with Gasteiger partial charge in [-0.3, -0.25) is 20.2 Å². The highest BCUT2D eigenvalue weighted by atomic mass is 35.7. The number of anilines is 2. The average molecular weight is 527 g/mol. The second-order valence-electron chi connectivity index (χ2n) is 7.97. The molecule has 0 radical (unpaired) electrons. The third-order valence-corrected chi connectivity index (χ3v) is 6.98. The maximum Gasteiger partial charge on any atom is 0.457 e. The Morgan fingerprint density at radius 2 is 0.971 bits per heavy atom. The van der Waals surface area contributed by atoms with Crippen LogP contribution in [0, 0.1) is 20.2 Å². The van der Waals surface area contributed by atoms with Crippen LogP contribution in [0.4, 0.5) is 22.7 Å². The normalized spacial score (nSPS) is 18.0. The van der Waals surface area contributed by atoms with Gasteiger partial charge in [-0.15, -0.1) is 0 Å². The minimum absolute atomic E-state index is 0.0320. The van der Waals surface area contributed by atoms with Crippen molar-refractivity contribution in [1.82, 2.24) is 10.1 Å². The molecule has 0 saturated carbocycles. The van der Waals surface area contributed by atoms with Gasteiger partial charge in [-0.1, -0.05) is 0 Å². The van der Waals surface area contributed by atoms with Gasteiger partial charge in [0.2, 0.25) is 0 Å². The molecule has 2 saturated heterocycles. The molecule has 2 aliphatic rings. The van der Waals surface area contributed by atoms with E-state index < -0.39 is 16.8 Å². The van der Waals surface area contributed by atoms with Crippen molar-refractivity contribution in [1.29, 1.82) is 0 Å². The first-order valence-corrected chi connectivity index (χ1v) is 13.3. The van der Waals surface area contributed by atoms with E-state index in [4.69, 9.17) is 20.5 Å². The zero-order chi connectivity index (χ0) is 25.0. The van der Waals surface area contributed by atoms with Crippen LogP contribution in [-0.4, -0.2) is 72.3 Å². The number of nitro benzene ring substituents is 2. The van der Waals surface area contributed by atoms with E-state index in [2.05, 4.69) is 0 Å². The van der Waals surface area contributed by atoms with Crippen LogP contribution in [0.5, 0.6) is 0 Å². The fraction of sp³-hybridized carbons (Fsp3) is 0.400. The summed E-state index contributed by atoms with van der Waals surface area (Å²) in [5.41, 5.74) is 1.77. The number of hydrogen-bond acceptors (Lipinski definition) is 11. The molecule has 0 amide bonds. The second kappa shape index (κ2) is 10.9. The van der Waals surface area contributed by atoms with Crippen molar-refractivity contribution >= 4 is 40.9 Å². The summed E-state index contributed by atoms with van der Waals surface area (Å²) in [5, 5.41) is 24.6. The molecule has 2 fully saturated rings. The Bertz CT molecular complexity index is 1010. The molecule has 0 spiro atoms. The predicted octanol–water partition coefficient (Wildman–Crippen LogP) is 3.66. The average Bonchev–Trinajstić information content (AvgIpc) is 2.84. The van der Waals surface area contributed by atoms with Gasteiger partial charge in [0.1, 0.15) is 0 Å². The van der Waals surface area contributed by atoms with Gasteiger partial charge in [0.05, 0.1) is 9.85 Å². The van der Waals surface area contributed by atoms with Crippen molar-refractivity contribution in [2.75, 3.05) is 62.2 Å². The lowest BCUT2D eigenvalue weighted by atomic mass is 10.2. The van der Waals surface area contributed by atoms with Gasteiger partial charge in [0.25, 0.3) is 11.4 Å². The summed E-state index contributed by atoms with van der Waals surface area (Å²) in [4.78, 5) is 24.8. The molecule has 0 aliphatic carbocycles. The molecule has 2 heterocycles. The second-order valence-corrected chi connectivity index (χ2v) is 10.4. The van der Waals surface area contributed by atoms with Crippen molar-refractivity contribution in [3.8, 4) is 0 Å². The summed E-state index contributed by atoms with van der Waals surface area (Å²) >= 11 is 6.08. The zero-order valence-electron chi connectivity index (χ0n) is 18.6. The molecule has 0 atom stereocenters. The molecule has 2 aromatic rings. The van der Waals surface area contributed by atoms with Crippen molar-refractivity contribution in [2.24, 2.45) is 0 Å². The SMILES string of the molecule is O=[N+]([O-])c1ccc(N2CCN(OP(=O)(Cl)ON3CCN(c4ccc([N+](=O)[O-])cc4)CC3)CC2)cc1. The summed E-state index contributed by atoms with van der Waals surface area (Å²) in [5.74, 6) is 0. The van der Waals surface area contributed by atoms with E-state index in [0.29, 0.717) is 52.4 Å². The van der Waals surface area contributed by atoms with E-state index in [1.165, 1.54) is 34.4 Å². The number of benzene rings is 2. The Hall–Kier alpha value is -2.80. The molecule has 0 unspecified atom stereocenters. The number of non-ortho nitro benzene ring substituents is 2. The zero-order valence-corrected chi connectivity index (χ0v) is 20.3. The summed E-state index contributed by atoms with van der Waals surface area (Å²) in [6.45, 7) is 0.00801. The Labute approximate surface area is 205 Å². The molecular weight excluding hydrogens is 503 g/mol. The topological polar surface area (TPSA) is 135 Å². The molecule has 188 valence electrons. The minimum Gasteiger partial charge on any atom is -0.369 e. The van der Waals surface area contributed by atoms with Crippen LogP contribution in [-0.2, 0) is 13.8 Å². The van der Waals surface area contributed by atoms with Gasteiger partial charge in [0, 0.05) is 99.2 Å². The minimum atomic E-state index is -3.91. The summed E-state index contributed by atoms with van der Waals surface area (Å²) in [6.07, 6.45) is 0. The van der Waals surface area contributed by atoms with Gasteiger partial charge in [-0.05, 0) is 24.3 Å². The number of halogens is 1. The quantitative estimate of drug-likeness (QED) is 0.283. The highest BCUT2D eigenvalue weighted by Gasteiger charge is 2.32. The largest absolute Gasteiger partial charge is 0.457 e. The number of rotatable bonds is 8. The lowest BCUT2D eigenvalue weighted by Crippen LogP contribution is -2.47. The van der Waals surface area contributed by atoms with Crippen LogP contribution in [0.15, 0.2) is 48.5 Å².